The van der Waals surface area contributed by atoms with Gasteiger partial charge in [0.25, 0.3) is 0 Å². The molecule has 0 aromatic heterocycles. The van der Waals surface area contributed by atoms with Crippen LogP contribution < -0.4 is 5.32 Å². The molecule has 0 aromatic rings. The molecule has 2 N–H and O–H groups in total. The first kappa shape index (κ1) is 13.6. The molecule has 1 atom stereocenters. The van der Waals surface area contributed by atoms with E-state index in [0.717, 1.165) is 19.6 Å². The van der Waals surface area contributed by atoms with Crippen LogP contribution in [0.15, 0.2) is 4.99 Å². The number of nitrogens with zero attached hydrogens (tertiary/aromatic N) is 4. The minimum atomic E-state index is -0.863. The molecule has 2 aliphatic heterocycles. The minimum Gasteiger partial charge on any atom is -0.481 e. The first-order valence-electron chi connectivity index (χ1n) is 6.38. The van der Waals surface area contributed by atoms with Crippen LogP contribution in [0.1, 0.15) is 13.8 Å². The Labute approximate surface area is 112 Å². The molecular formula is C12H19N5O2. The van der Waals surface area contributed by atoms with Crippen molar-refractivity contribution in [1.29, 1.82) is 5.26 Å². The van der Waals surface area contributed by atoms with Gasteiger partial charge < -0.3 is 20.2 Å². The maximum absolute atomic E-state index is 11.2. The zero-order chi connectivity index (χ0) is 14.0. The zero-order valence-electron chi connectivity index (χ0n) is 11.3. The van der Waals surface area contributed by atoms with E-state index in [1.807, 2.05) is 11.1 Å². The SMILES string of the molecule is CC(C)(CN1CC2CNCCN2C1=NC#N)C(=O)O. The number of carboxylic acids is 1. The van der Waals surface area contributed by atoms with E-state index in [-0.39, 0.29) is 6.04 Å². The van der Waals surface area contributed by atoms with Crippen LogP contribution in [0.5, 0.6) is 0 Å². The maximum Gasteiger partial charge on any atom is 0.310 e. The van der Waals surface area contributed by atoms with Gasteiger partial charge in [-0.1, -0.05) is 0 Å². The lowest BCUT2D eigenvalue weighted by Gasteiger charge is -2.31. The molecule has 0 amide bonds. The smallest absolute Gasteiger partial charge is 0.310 e. The highest BCUT2D eigenvalue weighted by Gasteiger charge is 2.40. The average molecular weight is 265 g/mol. The monoisotopic (exact) mass is 265 g/mol. The Kier molecular flexibility index (Phi) is 3.62. The summed E-state index contributed by atoms with van der Waals surface area (Å²) >= 11 is 0. The predicted molar refractivity (Wildman–Crippen MR) is 69.4 cm³/mol. The number of nitriles is 1. The van der Waals surface area contributed by atoms with Gasteiger partial charge in [-0.15, -0.1) is 4.99 Å². The number of carboxylic acid groups (broad SMARTS) is 1. The summed E-state index contributed by atoms with van der Waals surface area (Å²) in [7, 11) is 0. The van der Waals surface area contributed by atoms with Gasteiger partial charge in [0.1, 0.15) is 0 Å². The standard InChI is InChI=1S/C12H19N5O2/c1-12(2,10(18)19)7-16-6-9-5-14-3-4-17(9)11(16)15-8-13/h9,14H,3-7H2,1-2H3,(H,18,19). The highest BCUT2D eigenvalue weighted by Crippen LogP contribution is 2.24. The molecule has 0 aliphatic carbocycles. The Bertz CT molecular complexity index is 440. The molecule has 0 saturated carbocycles. The highest BCUT2D eigenvalue weighted by molar-refractivity contribution is 5.84. The van der Waals surface area contributed by atoms with E-state index in [1.165, 1.54) is 0 Å². The number of aliphatic imine (C=N–C) groups is 1. The number of guanidine groups is 1. The van der Waals surface area contributed by atoms with Gasteiger partial charge >= 0.3 is 5.97 Å². The summed E-state index contributed by atoms with van der Waals surface area (Å²) in [5, 5.41) is 21.3. The topological polar surface area (TPSA) is 92.0 Å². The summed E-state index contributed by atoms with van der Waals surface area (Å²) in [5.74, 6) is -0.227. The molecule has 19 heavy (non-hydrogen) atoms. The summed E-state index contributed by atoms with van der Waals surface area (Å²) in [4.78, 5) is 19.1. The lowest BCUT2D eigenvalue weighted by Crippen LogP contribution is -2.50. The third-order valence-electron chi connectivity index (χ3n) is 3.64. The fourth-order valence-corrected chi connectivity index (χ4v) is 2.56. The summed E-state index contributed by atoms with van der Waals surface area (Å²) in [6.07, 6.45) is 1.82. The van der Waals surface area contributed by atoms with Crippen molar-refractivity contribution in [2.45, 2.75) is 19.9 Å². The quantitative estimate of drug-likeness (QED) is 0.670. The largest absolute Gasteiger partial charge is 0.481 e. The number of hydrogen-bond acceptors (Lipinski definition) is 4. The van der Waals surface area contributed by atoms with Gasteiger partial charge in [0.05, 0.1) is 11.5 Å². The van der Waals surface area contributed by atoms with Crippen molar-refractivity contribution in [1.82, 2.24) is 15.1 Å². The normalized spacial score (nSPS) is 25.3. The summed E-state index contributed by atoms with van der Waals surface area (Å²) < 4.78 is 0. The second-order valence-corrected chi connectivity index (χ2v) is 5.63. The maximum atomic E-state index is 11.2. The van der Waals surface area contributed by atoms with Gasteiger partial charge in [0, 0.05) is 32.7 Å². The van der Waals surface area contributed by atoms with Crippen LogP contribution in [0.25, 0.3) is 0 Å². The number of hydrogen-bond donors (Lipinski definition) is 2. The van der Waals surface area contributed by atoms with Gasteiger partial charge in [-0.05, 0) is 13.8 Å². The number of rotatable bonds is 3. The molecule has 7 nitrogen and oxygen atoms in total. The molecule has 7 heteroatoms. The van der Waals surface area contributed by atoms with Crippen LogP contribution in [0.3, 0.4) is 0 Å². The Morgan fingerprint density at radius 2 is 2.42 bits per heavy atom. The molecule has 0 spiro atoms. The number of nitrogens with one attached hydrogen (secondary N) is 1. The van der Waals surface area contributed by atoms with Crippen molar-refractivity contribution >= 4 is 11.9 Å². The molecule has 104 valence electrons. The van der Waals surface area contributed by atoms with Gasteiger partial charge in [0.2, 0.25) is 12.2 Å². The molecule has 2 aliphatic rings. The van der Waals surface area contributed by atoms with Crippen molar-refractivity contribution in [3.8, 4) is 6.19 Å². The van der Waals surface area contributed by atoms with E-state index >= 15 is 0 Å². The third kappa shape index (κ3) is 2.63. The third-order valence-corrected chi connectivity index (χ3v) is 3.64. The summed E-state index contributed by atoms with van der Waals surface area (Å²) in [6, 6.07) is 0.269. The molecule has 1 unspecified atom stereocenters. The Morgan fingerprint density at radius 1 is 1.68 bits per heavy atom. The van der Waals surface area contributed by atoms with Crippen LogP contribution in [0, 0.1) is 16.9 Å². The van der Waals surface area contributed by atoms with Crippen LogP contribution in [0.4, 0.5) is 0 Å². The van der Waals surface area contributed by atoms with E-state index in [1.54, 1.807) is 13.8 Å². The second-order valence-electron chi connectivity index (χ2n) is 5.63. The van der Waals surface area contributed by atoms with E-state index in [9.17, 15) is 9.90 Å². The van der Waals surface area contributed by atoms with Crippen molar-refractivity contribution in [2.24, 2.45) is 10.4 Å². The average Bonchev–Trinajstić information content (AvgIpc) is 2.67. The zero-order valence-corrected chi connectivity index (χ0v) is 11.3. The fraction of sp³-hybridized carbons (Fsp3) is 0.750. The number of piperazine rings is 1. The molecule has 0 radical (unpaired) electrons. The molecular weight excluding hydrogens is 246 g/mol. The molecule has 2 saturated heterocycles. The first-order chi connectivity index (χ1) is 8.95. The molecule has 2 fully saturated rings. The predicted octanol–water partition coefficient (Wildman–Crippen LogP) is -0.476. The van der Waals surface area contributed by atoms with Crippen molar-refractivity contribution in [2.75, 3.05) is 32.7 Å². The van der Waals surface area contributed by atoms with Crippen molar-refractivity contribution < 1.29 is 9.90 Å². The number of carbonyl (C=O) groups is 1. The Balaban J connectivity index is 2.18. The van der Waals surface area contributed by atoms with Gasteiger partial charge in [-0.2, -0.15) is 5.26 Å². The minimum absolute atomic E-state index is 0.269. The van der Waals surface area contributed by atoms with Crippen molar-refractivity contribution in [3.63, 3.8) is 0 Å². The van der Waals surface area contributed by atoms with Gasteiger partial charge in [0.15, 0.2) is 0 Å². The van der Waals surface area contributed by atoms with Crippen LogP contribution in [0.2, 0.25) is 0 Å². The molecule has 0 aromatic carbocycles. The van der Waals surface area contributed by atoms with E-state index in [4.69, 9.17) is 5.26 Å². The fourth-order valence-electron chi connectivity index (χ4n) is 2.56. The molecule has 2 heterocycles. The van der Waals surface area contributed by atoms with Crippen LogP contribution in [-0.2, 0) is 4.79 Å². The van der Waals surface area contributed by atoms with Crippen LogP contribution >= 0.6 is 0 Å². The van der Waals surface area contributed by atoms with E-state index in [0.29, 0.717) is 19.0 Å². The molecule has 2 rings (SSSR count). The Morgan fingerprint density at radius 3 is 3.05 bits per heavy atom. The molecule has 0 bridgehead atoms. The lowest BCUT2D eigenvalue weighted by atomic mass is 9.93. The number of aliphatic carboxylic acids is 1. The van der Waals surface area contributed by atoms with E-state index in [2.05, 4.69) is 15.2 Å². The van der Waals surface area contributed by atoms with Gasteiger partial charge in [-0.3, -0.25) is 4.79 Å². The Hall–Kier alpha value is -1.81. The lowest BCUT2D eigenvalue weighted by molar-refractivity contribution is -0.147. The summed E-state index contributed by atoms with van der Waals surface area (Å²) in [6.45, 7) is 6.95. The van der Waals surface area contributed by atoms with Gasteiger partial charge in [-0.25, -0.2) is 0 Å². The second kappa shape index (κ2) is 5.05. The summed E-state index contributed by atoms with van der Waals surface area (Å²) in [5.41, 5.74) is -0.863. The van der Waals surface area contributed by atoms with E-state index < -0.39 is 11.4 Å². The van der Waals surface area contributed by atoms with Crippen molar-refractivity contribution in [3.05, 3.63) is 0 Å². The number of fused-ring (bicyclic) bond motifs is 1. The highest BCUT2D eigenvalue weighted by atomic mass is 16.4. The van der Waals surface area contributed by atoms with Crippen LogP contribution in [-0.4, -0.2) is 65.6 Å². The first-order valence-corrected chi connectivity index (χ1v) is 6.38.